The molecule has 1 N–H and O–H groups in total. The van der Waals surface area contributed by atoms with Gasteiger partial charge in [0.25, 0.3) is 0 Å². The molecule has 1 fully saturated rings. The van der Waals surface area contributed by atoms with Crippen molar-refractivity contribution in [3.8, 4) is 6.07 Å². The number of piperazine rings is 1. The molecule has 1 aliphatic heterocycles. The van der Waals surface area contributed by atoms with Gasteiger partial charge in [0, 0.05) is 36.6 Å². The lowest BCUT2D eigenvalue weighted by Crippen LogP contribution is -2.44. The Morgan fingerprint density at radius 2 is 2.05 bits per heavy atom. The largest absolute Gasteiger partial charge is 0.353 e. The molecule has 96 valence electrons. The predicted molar refractivity (Wildman–Crippen MR) is 76.6 cm³/mol. The Kier molecular flexibility index (Phi) is 3.24. The number of nitriles is 1. The zero-order chi connectivity index (χ0) is 13.2. The lowest BCUT2D eigenvalue weighted by Gasteiger charge is -2.29. The van der Waals surface area contributed by atoms with Crippen molar-refractivity contribution in [2.24, 2.45) is 0 Å². The number of hydrogen-bond acceptors (Lipinski definition) is 4. The van der Waals surface area contributed by atoms with Crippen molar-refractivity contribution in [3.05, 3.63) is 34.9 Å². The Hall–Kier alpha value is -1.83. The van der Waals surface area contributed by atoms with Crippen molar-refractivity contribution in [2.45, 2.75) is 0 Å². The van der Waals surface area contributed by atoms with Gasteiger partial charge < -0.3 is 10.2 Å². The quantitative estimate of drug-likeness (QED) is 0.864. The van der Waals surface area contributed by atoms with Crippen molar-refractivity contribution >= 4 is 28.3 Å². The van der Waals surface area contributed by atoms with E-state index in [0.29, 0.717) is 10.6 Å². The standard InChI is InChI=1S/C14H13ClN4/c15-12-1-2-13-10(8-12)7-11(9-16)14(18-13)19-5-3-17-4-6-19/h1-2,7-8,17H,3-6H2. The fraction of sp³-hybridized carbons (Fsp3) is 0.286. The zero-order valence-corrected chi connectivity index (χ0v) is 11.1. The second kappa shape index (κ2) is 5.04. The van der Waals surface area contributed by atoms with Crippen LogP contribution in [0, 0.1) is 11.3 Å². The fourth-order valence-corrected chi connectivity index (χ4v) is 2.52. The molecule has 0 spiro atoms. The number of anilines is 1. The maximum absolute atomic E-state index is 9.31. The number of nitrogens with zero attached hydrogens (tertiary/aromatic N) is 3. The van der Waals surface area contributed by atoms with E-state index in [4.69, 9.17) is 11.6 Å². The van der Waals surface area contributed by atoms with Gasteiger partial charge in [0.1, 0.15) is 11.9 Å². The molecule has 2 heterocycles. The summed E-state index contributed by atoms with van der Waals surface area (Å²) in [4.78, 5) is 6.78. The molecule has 0 amide bonds. The Bertz CT molecular complexity index is 656. The summed E-state index contributed by atoms with van der Waals surface area (Å²) in [6, 6.07) is 9.66. The lowest BCUT2D eigenvalue weighted by atomic mass is 10.1. The third-order valence-corrected chi connectivity index (χ3v) is 3.53. The first-order valence-corrected chi connectivity index (χ1v) is 6.62. The van der Waals surface area contributed by atoms with Crippen LogP contribution in [0.2, 0.25) is 5.02 Å². The van der Waals surface area contributed by atoms with Crippen LogP contribution >= 0.6 is 11.6 Å². The maximum atomic E-state index is 9.31. The predicted octanol–water partition coefficient (Wildman–Crippen LogP) is 2.17. The molecule has 3 rings (SSSR count). The molecule has 1 aliphatic rings. The van der Waals surface area contributed by atoms with Gasteiger partial charge in [-0.05, 0) is 24.3 Å². The Morgan fingerprint density at radius 3 is 2.79 bits per heavy atom. The topological polar surface area (TPSA) is 52.0 Å². The van der Waals surface area contributed by atoms with E-state index in [1.54, 1.807) is 0 Å². The van der Waals surface area contributed by atoms with E-state index in [0.717, 1.165) is 42.9 Å². The van der Waals surface area contributed by atoms with Gasteiger partial charge in [-0.1, -0.05) is 11.6 Å². The van der Waals surface area contributed by atoms with Crippen LogP contribution < -0.4 is 10.2 Å². The molecule has 1 saturated heterocycles. The van der Waals surface area contributed by atoms with Gasteiger partial charge in [0.15, 0.2) is 0 Å². The third kappa shape index (κ3) is 2.35. The van der Waals surface area contributed by atoms with E-state index in [1.165, 1.54) is 0 Å². The minimum atomic E-state index is 0.608. The van der Waals surface area contributed by atoms with E-state index in [2.05, 4.69) is 21.3 Å². The molecular formula is C14H13ClN4. The Morgan fingerprint density at radius 1 is 1.26 bits per heavy atom. The summed E-state index contributed by atoms with van der Waals surface area (Å²) in [5, 5.41) is 14.2. The van der Waals surface area contributed by atoms with Crippen LogP contribution in [-0.2, 0) is 0 Å². The van der Waals surface area contributed by atoms with Gasteiger partial charge in [0.2, 0.25) is 0 Å². The third-order valence-electron chi connectivity index (χ3n) is 3.29. The molecule has 1 aromatic heterocycles. The second-order valence-electron chi connectivity index (χ2n) is 4.55. The first kappa shape index (κ1) is 12.2. The number of rotatable bonds is 1. The number of benzene rings is 1. The highest BCUT2D eigenvalue weighted by molar-refractivity contribution is 6.31. The van der Waals surface area contributed by atoms with Crippen LogP contribution in [0.5, 0.6) is 0 Å². The van der Waals surface area contributed by atoms with Crippen molar-refractivity contribution < 1.29 is 0 Å². The van der Waals surface area contributed by atoms with E-state index in [9.17, 15) is 5.26 Å². The molecule has 0 bridgehead atoms. The van der Waals surface area contributed by atoms with Crippen molar-refractivity contribution in [1.29, 1.82) is 5.26 Å². The van der Waals surface area contributed by atoms with E-state index in [1.807, 2.05) is 24.3 Å². The molecular weight excluding hydrogens is 260 g/mol. The monoisotopic (exact) mass is 272 g/mol. The maximum Gasteiger partial charge on any atom is 0.147 e. The number of fused-ring (bicyclic) bond motifs is 1. The van der Waals surface area contributed by atoms with Crippen molar-refractivity contribution in [1.82, 2.24) is 10.3 Å². The average molecular weight is 273 g/mol. The van der Waals surface area contributed by atoms with Gasteiger partial charge >= 0.3 is 0 Å². The highest BCUT2D eigenvalue weighted by Crippen LogP contribution is 2.25. The number of halogens is 1. The fourth-order valence-electron chi connectivity index (χ4n) is 2.34. The summed E-state index contributed by atoms with van der Waals surface area (Å²) in [6.45, 7) is 3.60. The summed E-state index contributed by atoms with van der Waals surface area (Å²) in [7, 11) is 0. The zero-order valence-electron chi connectivity index (χ0n) is 10.4. The molecule has 2 aromatic rings. The number of aromatic nitrogens is 1. The molecule has 0 aliphatic carbocycles. The SMILES string of the molecule is N#Cc1cc2cc(Cl)ccc2nc1N1CCNCC1. The first-order chi connectivity index (χ1) is 9.28. The van der Waals surface area contributed by atoms with Crippen LogP contribution in [0.25, 0.3) is 10.9 Å². The molecule has 0 unspecified atom stereocenters. The van der Waals surface area contributed by atoms with Crippen molar-refractivity contribution in [2.75, 3.05) is 31.1 Å². The van der Waals surface area contributed by atoms with Gasteiger partial charge in [-0.25, -0.2) is 4.98 Å². The molecule has 5 heteroatoms. The molecule has 19 heavy (non-hydrogen) atoms. The molecule has 0 saturated carbocycles. The second-order valence-corrected chi connectivity index (χ2v) is 4.98. The van der Waals surface area contributed by atoms with Gasteiger partial charge in [-0.15, -0.1) is 0 Å². The van der Waals surface area contributed by atoms with E-state index in [-0.39, 0.29) is 0 Å². The number of pyridine rings is 1. The normalized spacial score (nSPS) is 15.5. The van der Waals surface area contributed by atoms with E-state index >= 15 is 0 Å². The van der Waals surface area contributed by atoms with Crippen LogP contribution in [0.1, 0.15) is 5.56 Å². The van der Waals surface area contributed by atoms with Crippen molar-refractivity contribution in [3.63, 3.8) is 0 Å². The van der Waals surface area contributed by atoms with Crippen LogP contribution in [0.4, 0.5) is 5.82 Å². The average Bonchev–Trinajstić information content (AvgIpc) is 2.46. The van der Waals surface area contributed by atoms with E-state index < -0.39 is 0 Å². The summed E-state index contributed by atoms with van der Waals surface area (Å²) in [5.74, 6) is 0.777. The highest BCUT2D eigenvalue weighted by Gasteiger charge is 2.16. The molecule has 1 aromatic carbocycles. The van der Waals surface area contributed by atoms with Crippen LogP contribution in [0.3, 0.4) is 0 Å². The van der Waals surface area contributed by atoms with Crippen LogP contribution in [0.15, 0.2) is 24.3 Å². The number of nitrogens with one attached hydrogen (secondary N) is 1. The number of hydrogen-bond donors (Lipinski definition) is 1. The van der Waals surface area contributed by atoms with Gasteiger partial charge in [-0.3, -0.25) is 0 Å². The minimum Gasteiger partial charge on any atom is -0.353 e. The summed E-state index contributed by atoms with van der Waals surface area (Å²) in [5.41, 5.74) is 1.48. The van der Waals surface area contributed by atoms with Crippen LogP contribution in [-0.4, -0.2) is 31.2 Å². The lowest BCUT2D eigenvalue weighted by molar-refractivity contribution is 0.585. The molecule has 4 nitrogen and oxygen atoms in total. The summed E-state index contributed by atoms with van der Waals surface area (Å²) < 4.78 is 0. The minimum absolute atomic E-state index is 0.608. The summed E-state index contributed by atoms with van der Waals surface area (Å²) in [6.07, 6.45) is 0. The van der Waals surface area contributed by atoms with Gasteiger partial charge in [0.05, 0.1) is 11.1 Å². The molecule has 0 radical (unpaired) electrons. The Labute approximate surface area is 116 Å². The smallest absolute Gasteiger partial charge is 0.147 e. The Balaban J connectivity index is 2.12. The first-order valence-electron chi connectivity index (χ1n) is 6.24. The summed E-state index contributed by atoms with van der Waals surface area (Å²) >= 11 is 5.97. The van der Waals surface area contributed by atoms with Gasteiger partial charge in [-0.2, -0.15) is 5.26 Å². The molecule has 0 atom stereocenters. The highest BCUT2D eigenvalue weighted by atomic mass is 35.5.